The van der Waals surface area contributed by atoms with Crippen LogP contribution in [0.15, 0.2) is 36.5 Å². The number of nitrogens with zero attached hydrogens (tertiary/aromatic N) is 3. The van der Waals surface area contributed by atoms with E-state index in [1.807, 2.05) is 48.9 Å². The van der Waals surface area contributed by atoms with Crippen LogP contribution in [0, 0.1) is 0 Å². The van der Waals surface area contributed by atoms with E-state index in [1.165, 1.54) is 0 Å². The molecule has 7 heteroatoms. The van der Waals surface area contributed by atoms with Gasteiger partial charge in [-0.3, -0.25) is 4.79 Å². The van der Waals surface area contributed by atoms with Crippen molar-refractivity contribution >= 4 is 16.9 Å². The van der Waals surface area contributed by atoms with Gasteiger partial charge in [0, 0.05) is 11.7 Å². The molecule has 0 spiro atoms. The van der Waals surface area contributed by atoms with E-state index in [4.69, 9.17) is 14.5 Å². The quantitative estimate of drug-likeness (QED) is 0.583. The van der Waals surface area contributed by atoms with Crippen molar-refractivity contribution in [1.82, 2.24) is 20.1 Å². The molecule has 2 aromatic heterocycles. The van der Waals surface area contributed by atoms with Gasteiger partial charge in [0.1, 0.15) is 18.1 Å². The van der Waals surface area contributed by atoms with E-state index in [0.29, 0.717) is 18.7 Å². The number of hydrogen-bond donors (Lipinski definition) is 1. The van der Waals surface area contributed by atoms with Crippen LogP contribution in [0.25, 0.3) is 11.0 Å². The van der Waals surface area contributed by atoms with Crippen molar-refractivity contribution in [1.29, 1.82) is 0 Å². The predicted molar refractivity (Wildman–Crippen MR) is 113 cm³/mol. The maximum absolute atomic E-state index is 12.9. The number of carbonyl (C=O) groups excluding carboxylic acids is 1. The molecule has 0 saturated heterocycles. The molecule has 7 nitrogen and oxygen atoms in total. The number of aromatic nitrogens is 3. The molecule has 1 N–H and O–H groups in total. The molecule has 0 aliphatic heterocycles. The van der Waals surface area contributed by atoms with E-state index in [0.717, 1.165) is 28.2 Å². The molecule has 1 aromatic carbocycles. The van der Waals surface area contributed by atoms with Crippen molar-refractivity contribution in [2.75, 3.05) is 20.3 Å². The summed E-state index contributed by atoms with van der Waals surface area (Å²) in [6.45, 7) is 8.99. The Morgan fingerprint density at radius 2 is 1.83 bits per heavy atom. The first-order valence-corrected chi connectivity index (χ1v) is 9.84. The van der Waals surface area contributed by atoms with Gasteiger partial charge < -0.3 is 14.8 Å². The first-order chi connectivity index (χ1) is 13.9. The first kappa shape index (κ1) is 20.6. The maximum Gasteiger partial charge on any atom is 0.252 e. The molecule has 0 bridgehead atoms. The van der Waals surface area contributed by atoms with Gasteiger partial charge in [-0.25, -0.2) is 9.67 Å². The second-order valence-corrected chi connectivity index (χ2v) is 7.45. The third-order valence-corrected chi connectivity index (χ3v) is 4.63. The van der Waals surface area contributed by atoms with E-state index in [1.54, 1.807) is 13.3 Å². The Kier molecular flexibility index (Phi) is 6.36. The number of fused-ring (bicyclic) bond motifs is 1. The lowest BCUT2D eigenvalue weighted by molar-refractivity contribution is 0.0948. The standard InChI is InChI=1S/C22H28N4O3/c1-14(2)20-12-18(19-13-24-26(15(3)4)21(19)25-20)22(27)23-10-11-29-17-8-6-16(28-5)7-9-17/h6-9,12-15H,10-11H2,1-5H3,(H,23,27). The van der Waals surface area contributed by atoms with Crippen molar-refractivity contribution in [3.63, 3.8) is 0 Å². The summed E-state index contributed by atoms with van der Waals surface area (Å²) < 4.78 is 12.7. The highest BCUT2D eigenvalue weighted by Crippen LogP contribution is 2.24. The van der Waals surface area contributed by atoms with Gasteiger partial charge in [0.15, 0.2) is 5.65 Å². The van der Waals surface area contributed by atoms with Crippen LogP contribution >= 0.6 is 0 Å². The molecule has 0 aliphatic carbocycles. The Hall–Kier alpha value is -3.09. The fraction of sp³-hybridized carbons (Fsp3) is 0.409. The fourth-order valence-electron chi connectivity index (χ4n) is 3.00. The van der Waals surface area contributed by atoms with Crippen LogP contribution in [0.1, 0.15) is 55.7 Å². The van der Waals surface area contributed by atoms with Crippen LogP contribution in [0.3, 0.4) is 0 Å². The molecule has 29 heavy (non-hydrogen) atoms. The molecule has 3 aromatic rings. The van der Waals surface area contributed by atoms with Crippen LogP contribution in [-0.2, 0) is 0 Å². The Morgan fingerprint density at radius 3 is 2.45 bits per heavy atom. The third kappa shape index (κ3) is 4.67. The summed E-state index contributed by atoms with van der Waals surface area (Å²) in [6.07, 6.45) is 1.72. The van der Waals surface area contributed by atoms with Crippen LogP contribution in [-0.4, -0.2) is 40.9 Å². The third-order valence-electron chi connectivity index (χ3n) is 4.63. The zero-order chi connectivity index (χ0) is 21.0. The number of nitrogens with one attached hydrogen (secondary N) is 1. The molecule has 1 amide bonds. The summed E-state index contributed by atoms with van der Waals surface area (Å²) in [6, 6.07) is 9.36. The van der Waals surface area contributed by atoms with Gasteiger partial charge in [-0.05, 0) is 50.1 Å². The van der Waals surface area contributed by atoms with Crippen LogP contribution in [0.2, 0.25) is 0 Å². The molecule has 0 saturated carbocycles. The van der Waals surface area contributed by atoms with E-state index < -0.39 is 0 Å². The summed E-state index contributed by atoms with van der Waals surface area (Å²) in [5, 5.41) is 8.12. The van der Waals surface area contributed by atoms with Crippen molar-refractivity contribution in [3.8, 4) is 11.5 Å². The zero-order valence-electron chi connectivity index (χ0n) is 17.6. The molecule has 0 radical (unpaired) electrons. The highest BCUT2D eigenvalue weighted by molar-refractivity contribution is 6.05. The van der Waals surface area contributed by atoms with Crippen molar-refractivity contribution < 1.29 is 14.3 Å². The molecule has 3 rings (SSSR count). The number of rotatable bonds is 8. The summed E-state index contributed by atoms with van der Waals surface area (Å²) in [7, 11) is 1.62. The lowest BCUT2D eigenvalue weighted by Crippen LogP contribution is -2.28. The Morgan fingerprint density at radius 1 is 1.14 bits per heavy atom. The molecular formula is C22H28N4O3. The SMILES string of the molecule is COc1ccc(OCCNC(=O)c2cc(C(C)C)nc3c2cnn3C(C)C)cc1. The smallest absolute Gasteiger partial charge is 0.252 e. The van der Waals surface area contributed by atoms with Gasteiger partial charge in [0.25, 0.3) is 5.91 Å². The van der Waals surface area contributed by atoms with Gasteiger partial charge in [0.2, 0.25) is 0 Å². The summed E-state index contributed by atoms with van der Waals surface area (Å²) in [5.74, 6) is 1.56. The largest absolute Gasteiger partial charge is 0.497 e. The molecular weight excluding hydrogens is 368 g/mol. The molecule has 154 valence electrons. The number of ether oxygens (including phenoxy) is 2. The normalized spacial score (nSPS) is 11.3. The van der Waals surface area contributed by atoms with Crippen LogP contribution in [0.4, 0.5) is 0 Å². The number of benzene rings is 1. The average Bonchev–Trinajstić information content (AvgIpc) is 3.15. The number of carbonyl (C=O) groups is 1. The Labute approximate surface area is 171 Å². The minimum Gasteiger partial charge on any atom is -0.497 e. The van der Waals surface area contributed by atoms with Crippen molar-refractivity contribution in [2.45, 2.75) is 39.7 Å². The van der Waals surface area contributed by atoms with Crippen LogP contribution in [0.5, 0.6) is 11.5 Å². The van der Waals surface area contributed by atoms with Crippen LogP contribution < -0.4 is 14.8 Å². The molecule has 0 fully saturated rings. The second kappa shape index (κ2) is 8.94. The average molecular weight is 396 g/mol. The number of hydrogen-bond acceptors (Lipinski definition) is 5. The molecule has 2 heterocycles. The van der Waals surface area contributed by atoms with Gasteiger partial charge in [-0.15, -0.1) is 0 Å². The zero-order valence-corrected chi connectivity index (χ0v) is 17.6. The summed E-state index contributed by atoms with van der Waals surface area (Å²) in [4.78, 5) is 17.6. The fourth-order valence-corrected chi connectivity index (χ4v) is 3.00. The number of methoxy groups -OCH3 is 1. The van der Waals surface area contributed by atoms with E-state index in [2.05, 4.69) is 24.3 Å². The van der Waals surface area contributed by atoms with E-state index in [-0.39, 0.29) is 17.9 Å². The van der Waals surface area contributed by atoms with Crippen molar-refractivity contribution in [3.05, 3.63) is 47.8 Å². The first-order valence-electron chi connectivity index (χ1n) is 9.84. The summed E-state index contributed by atoms with van der Waals surface area (Å²) in [5.41, 5.74) is 2.21. The highest BCUT2D eigenvalue weighted by atomic mass is 16.5. The number of amides is 1. The monoisotopic (exact) mass is 396 g/mol. The van der Waals surface area contributed by atoms with Gasteiger partial charge in [-0.1, -0.05) is 13.8 Å². The minimum atomic E-state index is -0.152. The van der Waals surface area contributed by atoms with Gasteiger partial charge in [-0.2, -0.15) is 5.10 Å². The highest BCUT2D eigenvalue weighted by Gasteiger charge is 2.18. The Balaban J connectivity index is 1.70. The molecule has 0 aliphatic rings. The van der Waals surface area contributed by atoms with E-state index in [9.17, 15) is 4.79 Å². The molecule has 0 unspecified atom stereocenters. The molecule has 0 atom stereocenters. The van der Waals surface area contributed by atoms with Crippen molar-refractivity contribution in [2.24, 2.45) is 0 Å². The number of pyridine rings is 1. The predicted octanol–water partition coefficient (Wildman–Crippen LogP) is 3.95. The lowest BCUT2D eigenvalue weighted by atomic mass is 10.0. The van der Waals surface area contributed by atoms with E-state index >= 15 is 0 Å². The second-order valence-electron chi connectivity index (χ2n) is 7.45. The maximum atomic E-state index is 12.9. The topological polar surface area (TPSA) is 78.3 Å². The van der Waals surface area contributed by atoms with Gasteiger partial charge >= 0.3 is 0 Å². The lowest BCUT2D eigenvalue weighted by Gasteiger charge is -2.12. The van der Waals surface area contributed by atoms with Gasteiger partial charge in [0.05, 0.1) is 30.8 Å². The Bertz CT molecular complexity index is 978. The minimum absolute atomic E-state index is 0.152. The summed E-state index contributed by atoms with van der Waals surface area (Å²) >= 11 is 0.